The van der Waals surface area contributed by atoms with Gasteiger partial charge in [0.1, 0.15) is 11.8 Å². The fraction of sp³-hybridized carbons (Fsp3) is 0.357. The lowest BCUT2D eigenvalue weighted by Crippen LogP contribution is -2.25. The van der Waals surface area contributed by atoms with Crippen molar-refractivity contribution in [3.8, 4) is 5.88 Å². The molecule has 0 bridgehead atoms. The van der Waals surface area contributed by atoms with Crippen LogP contribution in [0.2, 0.25) is 0 Å². The van der Waals surface area contributed by atoms with Crippen molar-refractivity contribution in [2.45, 2.75) is 20.4 Å². The first-order chi connectivity index (χ1) is 9.61. The number of fused-ring (bicyclic) bond motifs is 3. The Kier molecular flexibility index (Phi) is 2.93. The number of methoxy groups -OCH3 is 1. The second-order valence-electron chi connectivity index (χ2n) is 5.15. The van der Waals surface area contributed by atoms with Crippen molar-refractivity contribution in [2.24, 2.45) is 5.92 Å². The lowest BCUT2D eigenvalue weighted by atomic mass is 10.2. The van der Waals surface area contributed by atoms with Gasteiger partial charge in [-0.3, -0.25) is 9.20 Å². The topological polar surface area (TPSA) is 61.4 Å². The van der Waals surface area contributed by atoms with Gasteiger partial charge in [-0.2, -0.15) is 4.98 Å². The maximum atomic E-state index is 12.5. The third kappa shape index (κ3) is 1.84. The molecule has 0 spiro atoms. The third-order valence-corrected chi connectivity index (χ3v) is 3.21. The monoisotopic (exact) mass is 272 g/mol. The van der Waals surface area contributed by atoms with Crippen LogP contribution in [0.4, 0.5) is 0 Å². The van der Waals surface area contributed by atoms with E-state index in [1.165, 1.54) is 0 Å². The molecule has 3 rings (SSSR count). The molecule has 0 saturated heterocycles. The summed E-state index contributed by atoms with van der Waals surface area (Å²) in [7, 11) is 1.57. The number of hydrogen-bond donors (Lipinski definition) is 0. The number of pyridine rings is 1. The molecule has 20 heavy (non-hydrogen) atoms. The van der Waals surface area contributed by atoms with E-state index in [2.05, 4.69) is 23.8 Å². The van der Waals surface area contributed by atoms with Gasteiger partial charge in [-0.1, -0.05) is 13.8 Å². The summed E-state index contributed by atoms with van der Waals surface area (Å²) >= 11 is 0. The molecule has 0 aliphatic heterocycles. The summed E-state index contributed by atoms with van der Waals surface area (Å²) in [6.45, 7) is 4.80. The van der Waals surface area contributed by atoms with Crippen LogP contribution in [-0.4, -0.2) is 26.0 Å². The summed E-state index contributed by atoms with van der Waals surface area (Å²) < 4.78 is 8.63. The van der Waals surface area contributed by atoms with Crippen LogP contribution >= 0.6 is 0 Å². The first kappa shape index (κ1) is 12.7. The van der Waals surface area contributed by atoms with E-state index in [-0.39, 0.29) is 5.56 Å². The highest BCUT2D eigenvalue weighted by molar-refractivity contribution is 5.75. The molecule has 0 radical (unpaired) electrons. The Morgan fingerprint density at radius 2 is 2.10 bits per heavy atom. The van der Waals surface area contributed by atoms with Crippen molar-refractivity contribution in [2.75, 3.05) is 7.11 Å². The van der Waals surface area contributed by atoms with Gasteiger partial charge >= 0.3 is 0 Å². The van der Waals surface area contributed by atoms with Crippen molar-refractivity contribution < 1.29 is 4.74 Å². The summed E-state index contributed by atoms with van der Waals surface area (Å²) in [5.74, 6) is 0.880. The zero-order chi connectivity index (χ0) is 14.3. The quantitative estimate of drug-likeness (QED) is 0.728. The molecule has 0 fully saturated rings. The molecular formula is C14H16N4O2. The Labute approximate surface area is 115 Å². The normalized spacial score (nSPS) is 11.6. The summed E-state index contributed by atoms with van der Waals surface area (Å²) in [5.41, 5.74) is 1.95. The second kappa shape index (κ2) is 4.63. The van der Waals surface area contributed by atoms with E-state index in [9.17, 15) is 4.79 Å². The SMILES string of the molecule is COc1ccc2c(n1)n1cncc1c(=O)n2CC(C)C. The number of imidazole rings is 1. The van der Waals surface area contributed by atoms with Crippen LogP contribution in [0, 0.1) is 5.92 Å². The van der Waals surface area contributed by atoms with Crippen LogP contribution < -0.4 is 10.3 Å². The number of ether oxygens (including phenoxy) is 1. The number of hydrogen-bond acceptors (Lipinski definition) is 4. The van der Waals surface area contributed by atoms with Gasteiger partial charge in [-0.05, 0) is 12.0 Å². The van der Waals surface area contributed by atoms with E-state index in [0.29, 0.717) is 29.5 Å². The van der Waals surface area contributed by atoms with Crippen molar-refractivity contribution in [3.63, 3.8) is 0 Å². The zero-order valence-corrected chi connectivity index (χ0v) is 11.7. The smallest absolute Gasteiger partial charge is 0.277 e. The Balaban J connectivity index is 2.45. The molecule has 0 amide bonds. The third-order valence-electron chi connectivity index (χ3n) is 3.21. The molecule has 0 aliphatic carbocycles. The van der Waals surface area contributed by atoms with Crippen molar-refractivity contribution in [1.29, 1.82) is 0 Å². The molecule has 3 aromatic heterocycles. The molecule has 0 N–H and O–H groups in total. The van der Waals surface area contributed by atoms with Gasteiger partial charge in [0.15, 0.2) is 5.65 Å². The number of rotatable bonds is 3. The molecule has 0 saturated carbocycles. The zero-order valence-electron chi connectivity index (χ0n) is 11.7. The van der Waals surface area contributed by atoms with Gasteiger partial charge in [-0.15, -0.1) is 0 Å². The van der Waals surface area contributed by atoms with Gasteiger partial charge < -0.3 is 9.30 Å². The van der Waals surface area contributed by atoms with Gasteiger partial charge in [0, 0.05) is 12.6 Å². The Hall–Kier alpha value is -2.37. The maximum absolute atomic E-state index is 12.5. The summed E-state index contributed by atoms with van der Waals surface area (Å²) in [6.07, 6.45) is 3.17. The highest BCUT2D eigenvalue weighted by Crippen LogP contribution is 2.17. The maximum Gasteiger partial charge on any atom is 0.277 e. The molecule has 3 heterocycles. The van der Waals surface area contributed by atoms with Crippen LogP contribution in [0.25, 0.3) is 16.7 Å². The van der Waals surface area contributed by atoms with Gasteiger partial charge in [0.2, 0.25) is 5.88 Å². The fourth-order valence-electron chi connectivity index (χ4n) is 2.34. The Bertz CT molecular complexity index is 832. The van der Waals surface area contributed by atoms with E-state index < -0.39 is 0 Å². The lowest BCUT2D eigenvalue weighted by molar-refractivity contribution is 0.399. The van der Waals surface area contributed by atoms with Gasteiger partial charge in [0.25, 0.3) is 5.56 Å². The lowest BCUT2D eigenvalue weighted by Gasteiger charge is -2.14. The largest absolute Gasteiger partial charge is 0.481 e. The molecule has 6 heteroatoms. The fourth-order valence-corrected chi connectivity index (χ4v) is 2.34. The minimum Gasteiger partial charge on any atom is -0.481 e. The first-order valence-electron chi connectivity index (χ1n) is 6.51. The highest BCUT2D eigenvalue weighted by Gasteiger charge is 2.13. The number of nitrogens with zero attached hydrogens (tertiary/aromatic N) is 4. The average molecular weight is 272 g/mol. The molecule has 0 aromatic carbocycles. The number of aromatic nitrogens is 4. The predicted octanol–water partition coefficient (Wildman–Crippen LogP) is 1.71. The van der Waals surface area contributed by atoms with Gasteiger partial charge in [-0.25, -0.2) is 4.98 Å². The van der Waals surface area contributed by atoms with Gasteiger partial charge in [0.05, 0.1) is 18.8 Å². The van der Waals surface area contributed by atoms with E-state index in [1.54, 1.807) is 34.7 Å². The predicted molar refractivity (Wildman–Crippen MR) is 76.1 cm³/mol. The van der Waals surface area contributed by atoms with Crippen LogP contribution in [0.5, 0.6) is 5.88 Å². The van der Waals surface area contributed by atoms with Crippen LogP contribution in [0.1, 0.15) is 13.8 Å². The summed E-state index contributed by atoms with van der Waals surface area (Å²) in [5, 5.41) is 0. The van der Waals surface area contributed by atoms with Crippen LogP contribution in [-0.2, 0) is 6.54 Å². The van der Waals surface area contributed by atoms with E-state index in [0.717, 1.165) is 5.52 Å². The van der Waals surface area contributed by atoms with Crippen molar-refractivity contribution >= 4 is 16.7 Å². The minimum absolute atomic E-state index is 0.0457. The van der Waals surface area contributed by atoms with Crippen molar-refractivity contribution in [3.05, 3.63) is 35.0 Å². The molecule has 0 aliphatic rings. The standard InChI is InChI=1S/C14H16N4O2/c1-9(2)7-17-10-4-5-12(20-3)16-13(10)18-8-15-6-11(18)14(17)19/h4-6,8-9H,7H2,1-3H3. The molecule has 6 nitrogen and oxygen atoms in total. The van der Waals surface area contributed by atoms with Crippen molar-refractivity contribution in [1.82, 2.24) is 18.9 Å². The Morgan fingerprint density at radius 1 is 1.30 bits per heavy atom. The van der Waals surface area contributed by atoms with E-state index in [1.807, 2.05) is 6.07 Å². The molecule has 0 unspecified atom stereocenters. The second-order valence-corrected chi connectivity index (χ2v) is 5.15. The molecular weight excluding hydrogens is 256 g/mol. The molecule has 3 aromatic rings. The summed E-state index contributed by atoms with van der Waals surface area (Å²) in [4.78, 5) is 21.0. The molecule has 104 valence electrons. The average Bonchev–Trinajstić information content (AvgIpc) is 2.92. The Morgan fingerprint density at radius 3 is 2.80 bits per heavy atom. The van der Waals surface area contributed by atoms with E-state index in [4.69, 9.17) is 4.74 Å². The van der Waals surface area contributed by atoms with Crippen LogP contribution in [0.3, 0.4) is 0 Å². The molecule has 0 atom stereocenters. The first-order valence-corrected chi connectivity index (χ1v) is 6.51. The summed E-state index contributed by atoms with van der Waals surface area (Å²) in [6, 6.07) is 3.63. The van der Waals surface area contributed by atoms with Crippen LogP contribution in [0.15, 0.2) is 29.5 Å². The van der Waals surface area contributed by atoms with E-state index >= 15 is 0 Å². The minimum atomic E-state index is -0.0457. The highest BCUT2D eigenvalue weighted by atomic mass is 16.5.